The van der Waals surface area contributed by atoms with Crippen LogP contribution in [0.5, 0.6) is 0 Å². The summed E-state index contributed by atoms with van der Waals surface area (Å²) in [6.07, 6.45) is 0. The minimum Gasteiger partial charge on any atom is -0.309 e. The molecular weight excluding hydrogens is 827 g/mol. The smallest absolute Gasteiger partial charge is 0.0714 e. The Labute approximate surface area is 395 Å². The van der Waals surface area contributed by atoms with E-state index in [-0.39, 0.29) is 0 Å². The lowest BCUT2D eigenvalue weighted by molar-refractivity contribution is 0.768. The standard InChI is InChI=1S/C65H43NS/c1-3-19-49(20-4-1)65(50-21-5-2-6-22-50)58-28-12-9-26-56(58)64-59(65)29-16-31-61(64)66(60-30-13-10-24-54(60)48-39-42-63-57(43-48)55-25-11-14-32-62(55)67-63)51-40-37-45(38-41-51)44-33-35-47(36-34-44)53-27-15-18-46-17-7-8-23-52(46)53/h1-43H. The zero-order valence-electron chi connectivity index (χ0n) is 36.7. The maximum absolute atomic E-state index is 2.51. The summed E-state index contributed by atoms with van der Waals surface area (Å²) in [5.41, 5.74) is 17.6. The quantitative estimate of drug-likeness (QED) is 0.147. The molecule has 11 aromatic carbocycles. The van der Waals surface area contributed by atoms with E-state index in [1.165, 1.54) is 97.7 Å². The molecule has 1 nitrogen and oxygen atoms in total. The van der Waals surface area contributed by atoms with Crippen molar-refractivity contribution in [1.82, 2.24) is 0 Å². The highest BCUT2D eigenvalue weighted by Crippen LogP contribution is 2.60. The van der Waals surface area contributed by atoms with Gasteiger partial charge in [-0.05, 0) is 109 Å². The summed E-state index contributed by atoms with van der Waals surface area (Å²) >= 11 is 1.86. The Morgan fingerprint density at radius 2 is 0.836 bits per heavy atom. The van der Waals surface area contributed by atoms with Gasteiger partial charge in [0.15, 0.2) is 0 Å². The van der Waals surface area contributed by atoms with Crippen molar-refractivity contribution in [2.24, 2.45) is 0 Å². The largest absolute Gasteiger partial charge is 0.309 e. The summed E-state index contributed by atoms with van der Waals surface area (Å²) < 4.78 is 2.61. The molecule has 67 heavy (non-hydrogen) atoms. The SMILES string of the molecule is c1ccc(C2(c3ccccc3)c3ccccc3-c3c(N(c4ccc(-c5ccc(-c6cccc7ccccc67)cc5)cc4)c4ccccc4-c4ccc5sc6ccccc6c5c4)cccc32)cc1. The molecule has 0 unspecified atom stereocenters. The molecule has 0 fully saturated rings. The van der Waals surface area contributed by atoms with E-state index in [1.807, 2.05) is 11.3 Å². The lowest BCUT2D eigenvalue weighted by Crippen LogP contribution is -2.28. The molecule has 0 radical (unpaired) electrons. The topological polar surface area (TPSA) is 3.24 Å². The molecular formula is C65H43NS. The van der Waals surface area contributed by atoms with Crippen molar-refractivity contribution in [3.05, 3.63) is 283 Å². The fourth-order valence-corrected chi connectivity index (χ4v) is 12.1. The van der Waals surface area contributed by atoms with Crippen molar-refractivity contribution < 1.29 is 0 Å². The molecule has 1 aliphatic carbocycles. The van der Waals surface area contributed by atoms with Crippen LogP contribution in [-0.4, -0.2) is 0 Å². The van der Waals surface area contributed by atoms with Crippen LogP contribution in [-0.2, 0) is 5.41 Å². The van der Waals surface area contributed by atoms with Gasteiger partial charge in [0.2, 0.25) is 0 Å². The van der Waals surface area contributed by atoms with E-state index in [2.05, 4.69) is 266 Å². The van der Waals surface area contributed by atoms with Gasteiger partial charge >= 0.3 is 0 Å². The van der Waals surface area contributed by atoms with Gasteiger partial charge in [0, 0.05) is 37.0 Å². The van der Waals surface area contributed by atoms with E-state index in [4.69, 9.17) is 0 Å². The average molecular weight is 870 g/mol. The molecule has 0 spiro atoms. The molecule has 0 saturated carbocycles. The number of hydrogen-bond acceptors (Lipinski definition) is 2. The van der Waals surface area contributed by atoms with Gasteiger partial charge in [0.05, 0.1) is 16.8 Å². The van der Waals surface area contributed by atoms with Gasteiger partial charge in [0.25, 0.3) is 0 Å². The molecule has 0 atom stereocenters. The zero-order valence-corrected chi connectivity index (χ0v) is 37.5. The maximum Gasteiger partial charge on any atom is 0.0714 e. The normalized spacial score (nSPS) is 12.6. The second-order valence-corrected chi connectivity index (χ2v) is 18.6. The van der Waals surface area contributed by atoms with E-state index in [0.29, 0.717) is 0 Å². The third-order valence-corrected chi connectivity index (χ3v) is 15.1. The number of para-hydroxylation sites is 1. The van der Waals surface area contributed by atoms with Crippen molar-refractivity contribution in [1.29, 1.82) is 0 Å². The highest BCUT2D eigenvalue weighted by atomic mass is 32.1. The Morgan fingerprint density at radius 1 is 0.313 bits per heavy atom. The van der Waals surface area contributed by atoms with Crippen LogP contribution < -0.4 is 4.90 Å². The number of rotatable bonds is 8. The monoisotopic (exact) mass is 869 g/mol. The molecule has 0 amide bonds. The van der Waals surface area contributed by atoms with Crippen molar-refractivity contribution in [2.75, 3.05) is 4.90 Å². The van der Waals surface area contributed by atoms with E-state index in [1.54, 1.807) is 0 Å². The minimum absolute atomic E-state index is 0.525. The second-order valence-electron chi connectivity index (χ2n) is 17.5. The molecule has 13 rings (SSSR count). The number of hydrogen-bond donors (Lipinski definition) is 0. The predicted octanol–water partition coefficient (Wildman–Crippen LogP) is 18.0. The molecule has 0 N–H and O–H groups in total. The molecule has 0 bridgehead atoms. The van der Waals surface area contributed by atoms with E-state index < -0.39 is 5.41 Å². The van der Waals surface area contributed by atoms with Gasteiger partial charge < -0.3 is 4.90 Å². The molecule has 12 aromatic rings. The van der Waals surface area contributed by atoms with Gasteiger partial charge in [-0.1, -0.05) is 218 Å². The number of anilines is 3. The molecule has 314 valence electrons. The van der Waals surface area contributed by atoms with Crippen LogP contribution >= 0.6 is 11.3 Å². The molecule has 0 saturated heterocycles. The van der Waals surface area contributed by atoms with Gasteiger partial charge in [-0.2, -0.15) is 0 Å². The molecule has 1 heterocycles. The summed E-state index contributed by atoms with van der Waals surface area (Å²) in [5.74, 6) is 0. The number of fused-ring (bicyclic) bond motifs is 7. The Bertz CT molecular complexity index is 3750. The lowest BCUT2D eigenvalue weighted by Gasteiger charge is -2.34. The third kappa shape index (κ3) is 6.29. The van der Waals surface area contributed by atoms with Crippen molar-refractivity contribution >= 4 is 59.3 Å². The Balaban J connectivity index is 1.01. The summed E-state index contributed by atoms with van der Waals surface area (Å²) in [6, 6.07) is 96.4. The molecule has 1 aliphatic rings. The average Bonchev–Trinajstić information content (AvgIpc) is 3.93. The summed E-state index contributed by atoms with van der Waals surface area (Å²) in [5, 5.41) is 5.12. The number of benzene rings is 11. The first kappa shape index (κ1) is 39.1. The highest BCUT2D eigenvalue weighted by Gasteiger charge is 2.47. The summed E-state index contributed by atoms with van der Waals surface area (Å²) in [7, 11) is 0. The van der Waals surface area contributed by atoms with Gasteiger partial charge in [-0.3, -0.25) is 0 Å². The number of thiophene rings is 1. The zero-order chi connectivity index (χ0) is 44.3. The molecule has 0 aliphatic heterocycles. The van der Waals surface area contributed by atoms with Crippen LogP contribution in [0, 0.1) is 0 Å². The van der Waals surface area contributed by atoms with E-state index in [9.17, 15) is 0 Å². The van der Waals surface area contributed by atoms with Gasteiger partial charge in [-0.25, -0.2) is 0 Å². The van der Waals surface area contributed by atoms with E-state index >= 15 is 0 Å². The first-order valence-corrected chi connectivity index (χ1v) is 23.9. The van der Waals surface area contributed by atoms with Crippen molar-refractivity contribution in [3.8, 4) is 44.5 Å². The molecule has 1 aromatic heterocycles. The summed E-state index contributed by atoms with van der Waals surface area (Å²) in [6.45, 7) is 0. The third-order valence-electron chi connectivity index (χ3n) is 14.0. The fraction of sp³-hybridized carbons (Fsp3) is 0.0154. The number of nitrogens with zero attached hydrogens (tertiary/aromatic N) is 1. The van der Waals surface area contributed by atoms with Crippen LogP contribution in [0.2, 0.25) is 0 Å². The second kappa shape index (κ2) is 16.0. The van der Waals surface area contributed by atoms with Crippen molar-refractivity contribution in [2.45, 2.75) is 5.41 Å². The van der Waals surface area contributed by atoms with Crippen molar-refractivity contribution in [3.63, 3.8) is 0 Å². The van der Waals surface area contributed by atoms with Crippen LogP contribution in [0.4, 0.5) is 17.1 Å². The van der Waals surface area contributed by atoms with Crippen LogP contribution in [0.25, 0.3) is 75.5 Å². The first-order valence-electron chi connectivity index (χ1n) is 23.1. The predicted molar refractivity (Wildman–Crippen MR) is 285 cm³/mol. The van der Waals surface area contributed by atoms with E-state index in [0.717, 1.165) is 17.1 Å². The van der Waals surface area contributed by atoms with Crippen LogP contribution in [0.3, 0.4) is 0 Å². The maximum atomic E-state index is 2.51. The Morgan fingerprint density at radius 3 is 1.61 bits per heavy atom. The first-order chi connectivity index (χ1) is 33.2. The Hall–Kier alpha value is -8.30. The van der Waals surface area contributed by atoms with Gasteiger partial charge in [0.1, 0.15) is 0 Å². The molecule has 2 heteroatoms. The summed E-state index contributed by atoms with van der Waals surface area (Å²) in [4.78, 5) is 2.51. The van der Waals surface area contributed by atoms with Crippen LogP contribution in [0.15, 0.2) is 261 Å². The minimum atomic E-state index is -0.525. The highest BCUT2D eigenvalue weighted by molar-refractivity contribution is 7.25. The fourth-order valence-electron chi connectivity index (χ4n) is 11.0. The van der Waals surface area contributed by atoms with Crippen LogP contribution in [0.1, 0.15) is 22.3 Å². The lowest BCUT2D eigenvalue weighted by atomic mass is 9.68. The Kier molecular flexibility index (Phi) is 9.33. The van der Waals surface area contributed by atoms with Gasteiger partial charge in [-0.15, -0.1) is 11.3 Å².